The molecule has 1 N–H and O–H groups in total. The Bertz CT molecular complexity index is 1940. The third kappa shape index (κ3) is 4.75. The molecule has 8 nitrogen and oxygen atoms in total. The van der Waals surface area contributed by atoms with Gasteiger partial charge in [-0.05, 0) is 78.6 Å². The Morgan fingerprint density at radius 2 is 2.02 bits per heavy atom. The predicted octanol–water partition coefficient (Wildman–Crippen LogP) is 6.25. The van der Waals surface area contributed by atoms with Gasteiger partial charge in [-0.2, -0.15) is 15.1 Å². The zero-order valence-corrected chi connectivity index (χ0v) is 24.4. The maximum absolute atomic E-state index is 16.6. The zero-order valence-electron chi connectivity index (χ0n) is 24.4. The molecule has 2 aliphatic rings. The Morgan fingerprint density at radius 1 is 1.16 bits per heavy atom. The Morgan fingerprint density at radius 3 is 2.82 bits per heavy atom. The molecule has 0 unspecified atom stereocenters. The highest BCUT2D eigenvalue weighted by Crippen LogP contribution is 2.41. The molecule has 2 aromatic carbocycles. The van der Waals surface area contributed by atoms with Crippen molar-refractivity contribution in [1.82, 2.24) is 29.6 Å². The standard InChI is InChI=1S/C33H31F3N6O2/c1-3-23-26(35)7-5-19-13-22(43)14-24(28(19)23)30-29(36)31-25(16-37-30)27(8-6-21-9-11-38-41(21)2)39-32(40-31)44-18-33-10-4-12-42(33)17-20(34)15-33/h5-9,11,13-14,16,20,43H,3-4,10,12,15,17-18H2,1-2H3/b8-6+/t20-,33+/m1/s1. The second-order valence-corrected chi connectivity index (χ2v) is 11.6. The van der Waals surface area contributed by atoms with Gasteiger partial charge in [0.1, 0.15) is 35.6 Å². The second-order valence-electron chi connectivity index (χ2n) is 11.6. The highest BCUT2D eigenvalue weighted by molar-refractivity contribution is 6.01. The van der Waals surface area contributed by atoms with Gasteiger partial charge in [-0.25, -0.2) is 13.2 Å². The van der Waals surface area contributed by atoms with Crippen LogP contribution in [0.15, 0.2) is 42.7 Å². The van der Waals surface area contributed by atoms with Crippen molar-refractivity contribution in [3.63, 3.8) is 0 Å². The van der Waals surface area contributed by atoms with Crippen molar-refractivity contribution < 1.29 is 23.0 Å². The molecule has 226 valence electrons. The van der Waals surface area contributed by atoms with Gasteiger partial charge in [0.2, 0.25) is 0 Å². The van der Waals surface area contributed by atoms with E-state index in [0.29, 0.717) is 46.8 Å². The number of pyridine rings is 1. The number of hydrogen-bond donors (Lipinski definition) is 1. The maximum Gasteiger partial charge on any atom is 0.317 e. The number of alkyl halides is 1. The summed E-state index contributed by atoms with van der Waals surface area (Å²) in [6, 6.07) is 7.59. The molecule has 0 saturated carbocycles. The number of ether oxygens (including phenoxy) is 1. The first-order chi connectivity index (χ1) is 21.3. The van der Waals surface area contributed by atoms with Crippen molar-refractivity contribution in [1.29, 1.82) is 0 Å². The molecule has 0 radical (unpaired) electrons. The number of phenolic OH excluding ortho intramolecular Hbond substituents is 1. The summed E-state index contributed by atoms with van der Waals surface area (Å²) < 4.78 is 53.7. The molecule has 2 atom stereocenters. The van der Waals surface area contributed by atoms with E-state index < -0.39 is 23.3 Å². The highest BCUT2D eigenvalue weighted by Gasteiger charge is 2.49. The van der Waals surface area contributed by atoms with E-state index >= 15 is 4.39 Å². The molecule has 0 amide bonds. The van der Waals surface area contributed by atoms with Crippen LogP contribution in [0.2, 0.25) is 0 Å². The quantitative estimate of drug-likeness (QED) is 0.236. The van der Waals surface area contributed by atoms with Gasteiger partial charge in [0.05, 0.1) is 16.9 Å². The third-order valence-electron chi connectivity index (χ3n) is 8.96. The number of phenols is 1. The van der Waals surface area contributed by atoms with Crippen LogP contribution < -0.4 is 4.74 Å². The number of aryl methyl sites for hydroxylation is 2. The van der Waals surface area contributed by atoms with Gasteiger partial charge in [0, 0.05) is 43.4 Å². The number of aromatic hydroxyl groups is 1. The fourth-order valence-corrected chi connectivity index (χ4v) is 6.83. The van der Waals surface area contributed by atoms with E-state index in [1.165, 1.54) is 24.4 Å². The molecule has 11 heteroatoms. The molecular weight excluding hydrogens is 569 g/mol. The Labute approximate surface area is 251 Å². The number of rotatable bonds is 7. The summed E-state index contributed by atoms with van der Waals surface area (Å²) >= 11 is 0. The monoisotopic (exact) mass is 600 g/mol. The van der Waals surface area contributed by atoms with Crippen LogP contribution in [0, 0.1) is 11.6 Å². The number of benzene rings is 2. The van der Waals surface area contributed by atoms with Gasteiger partial charge < -0.3 is 9.84 Å². The van der Waals surface area contributed by atoms with E-state index in [1.54, 1.807) is 36.1 Å². The van der Waals surface area contributed by atoms with Crippen molar-refractivity contribution in [2.24, 2.45) is 7.05 Å². The summed E-state index contributed by atoms with van der Waals surface area (Å²) in [7, 11) is 1.80. The first-order valence-corrected chi connectivity index (χ1v) is 14.7. The van der Waals surface area contributed by atoms with Gasteiger partial charge >= 0.3 is 6.01 Å². The minimum atomic E-state index is -0.921. The normalized spacial score (nSPS) is 20.3. The Balaban J connectivity index is 1.38. The molecule has 2 saturated heterocycles. The summed E-state index contributed by atoms with van der Waals surface area (Å²) in [5.41, 5.74) is 1.27. The lowest BCUT2D eigenvalue weighted by atomic mass is 9.94. The van der Waals surface area contributed by atoms with E-state index in [9.17, 15) is 13.9 Å². The van der Waals surface area contributed by atoms with Crippen LogP contribution in [-0.4, -0.2) is 66.1 Å². The number of hydrogen-bond acceptors (Lipinski definition) is 7. The summed E-state index contributed by atoms with van der Waals surface area (Å²) in [5, 5.41) is 16.1. The van der Waals surface area contributed by atoms with Crippen molar-refractivity contribution >= 4 is 33.8 Å². The SMILES string of the molecule is CCc1c(F)ccc2cc(O)cc(-c3ncc4c(/C=C/c5ccnn5C)nc(OC[C@@]56CCCN5C[C@H](F)C6)nc4c3F)c12. The van der Waals surface area contributed by atoms with Gasteiger partial charge in [0.25, 0.3) is 0 Å². The molecule has 44 heavy (non-hydrogen) atoms. The largest absolute Gasteiger partial charge is 0.508 e. The smallest absolute Gasteiger partial charge is 0.317 e. The molecule has 2 fully saturated rings. The lowest BCUT2D eigenvalue weighted by Gasteiger charge is -2.30. The lowest BCUT2D eigenvalue weighted by molar-refractivity contribution is 0.107. The summed E-state index contributed by atoms with van der Waals surface area (Å²) in [4.78, 5) is 15.7. The van der Waals surface area contributed by atoms with Crippen LogP contribution in [0.1, 0.15) is 43.1 Å². The molecule has 5 heterocycles. The van der Waals surface area contributed by atoms with Crippen molar-refractivity contribution in [3.05, 3.63) is 71.3 Å². The minimum Gasteiger partial charge on any atom is -0.508 e. The van der Waals surface area contributed by atoms with Gasteiger partial charge in [0.15, 0.2) is 5.82 Å². The molecule has 7 rings (SSSR count). The van der Waals surface area contributed by atoms with E-state index in [4.69, 9.17) is 4.74 Å². The second kappa shape index (κ2) is 10.9. The Kier molecular flexibility index (Phi) is 7.00. The summed E-state index contributed by atoms with van der Waals surface area (Å²) in [5.74, 6) is -1.28. The summed E-state index contributed by atoms with van der Waals surface area (Å²) in [6.07, 6.45) is 8.22. The average Bonchev–Trinajstić information content (AvgIpc) is 3.68. The molecular formula is C33H31F3N6O2. The predicted molar refractivity (Wildman–Crippen MR) is 162 cm³/mol. The van der Waals surface area contributed by atoms with Crippen molar-refractivity contribution in [2.45, 2.75) is 44.3 Å². The minimum absolute atomic E-state index is 0.0360. The van der Waals surface area contributed by atoms with E-state index in [-0.39, 0.29) is 35.1 Å². The van der Waals surface area contributed by atoms with Gasteiger partial charge in [-0.15, -0.1) is 0 Å². The number of fused-ring (bicyclic) bond motifs is 3. The highest BCUT2D eigenvalue weighted by atomic mass is 19.1. The fraction of sp³-hybridized carbons (Fsp3) is 0.333. The first-order valence-electron chi connectivity index (χ1n) is 14.7. The van der Waals surface area contributed by atoms with Gasteiger partial charge in [-0.1, -0.05) is 13.0 Å². The van der Waals surface area contributed by atoms with E-state index in [0.717, 1.165) is 25.1 Å². The molecule has 0 bridgehead atoms. The topological polar surface area (TPSA) is 89.2 Å². The lowest BCUT2D eigenvalue weighted by Crippen LogP contribution is -2.43. The molecule has 0 spiro atoms. The van der Waals surface area contributed by atoms with Gasteiger partial charge in [-0.3, -0.25) is 14.6 Å². The number of aromatic nitrogens is 5. The van der Waals surface area contributed by atoms with Crippen molar-refractivity contribution in [2.75, 3.05) is 19.7 Å². The summed E-state index contributed by atoms with van der Waals surface area (Å²) in [6.45, 7) is 3.18. The van der Waals surface area contributed by atoms with Crippen LogP contribution in [-0.2, 0) is 13.5 Å². The van der Waals surface area contributed by atoms with Crippen LogP contribution >= 0.6 is 0 Å². The van der Waals surface area contributed by atoms with Crippen LogP contribution in [0.5, 0.6) is 11.8 Å². The Hall–Kier alpha value is -4.51. The maximum atomic E-state index is 16.6. The molecule has 3 aromatic heterocycles. The number of halogens is 3. The fourth-order valence-electron chi connectivity index (χ4n) is 6.83. The molecule has 5 aromatic rings. The average molecular weight is 601 g/mol. The first kappa shape index (κ1) is 28.3. The third-order valence-corrected chi connectivity index (χ3v) is 8.96. The van der Waals surface area contributed by atoms with Crippen LogP contribution in [0.4, 0.5) is 13.2 Å². The van der Waals surface area contributed by atoms with Crippen molar-refractivity contribution in [3.8, 4) is 23.0 Å². The van der Waals surface area contributed by atoms with Crippen LogP contribution in [0.3, 0.4) is 0 Å². The molecule has 2 aliphatic heterocycles. The number of nitrogens with zero attached hydrogens (tertiary/aromatic N) is 6. The molecule has 0 aliphatic carbocycles. The van der Waals surface area contributed by atoms with E-state index in [2.05, 4.69) is 25.0 Å². The van der Waals surface area contributed by atoms with E-state index in [1.807, 2.05) is 13.0 Å². The van der Waals surface area contributed by atoms with Crippen LogP contribution in [0.25, 0.3) is 45.1 Å². The zero-order chi connectivity index (χ0) is 30.6.